The van der Waals surface area contributed by atoms with E-state index in [4.69, 9.17) is 27.9 Å². The summed E-state index contributed by atoms with van der Waals surface area (Å²) in [5.74, 6) is 0.539. The number of hydrogen-bond donors (Lipinski definition) is 1. The Hall–Kier alpha value is -0.510. The van der Waals surface area contributed by atoms with Crippen LogP contribution < -0.4 is 10.1 Å². The quantitative estimate of drug-likeness (QED) is 0.846. The number of piperidine rings is 2. The van der Waals surface area contributed by atoms with Gasteiger partial charge in [0.25, 0.3) is 0 Å². The molecular weight excluding hydrogens is 271 g/mol. The first-order chi connectivity index (χ1) is 8.69. The maximum absolute atomic E-state index is 5.95. The molecule has 18 heavy (non-hydrogen) atoms. The lowest BCUT2D eigenvalue weighted by molar-refractivity contribution is 0.0890. The van der Waals surface area contributed by atoms with E-state index in [-0.39, 0.29) is 6.10 Å². The lowest BCUT2D eigenvalue weighted by Gasteiger charge is -2.40. The molecule has 0 spiro atoms. The summed E-state index contributed by atoms with van der Waals surface area (Å²) in [5.41, 5.74) is 0. The Balaban J connectivity index is 1.68. The van der Waals surface area contributed by atoms with Gasteiger partial charge in [-0.25, -0.2) is 4.98 Å². The number of nitrogens with one attached hydrogen (secondary N) is 1. The molecule has 1 aromatic heterocycles. The third-order valence-corrected chi connectivity index (χ3v) is 4.11. The van der Waals surface area contributed by atoms with E-state index in [9.17, 15) is 0 Å². The molecule has 2 aliphatic heterocycles. The molecule has 2 aliphatic rings. The second-order valence-corrected chi connectivity index (χ2v) is 5.97. The minimum absolute atomic E-state index is 0.226. The van der Waals surface area contributed by atoms with Gasteiger partial charge in [0.1, 0.15) is 11.3 Å². The Kier molecular flexibility index (Phi) is 3.64. The van der Waals surface area contributed by atoms with E-state index in [0.29, 0.717) is 28.1 Å². The van der Waals surface area contributed by atoms with E-state index >= 15 is 0 Å². The Morgan fingerprint density at radius 1 is 1.17 bits per heavy atom. The molecule has 0 radical (unpaired) electrons. The van der Waals surface area contributed by atoms with Gasteiger partial charge in [0.15, 0.2) is 0 Å². The molecule has 0 amide bonds. The first-order valence-corrected chi connectivity index (χ1v) is 7.20. The molecule has 2 fully saturated rings. The SMILES string of the molecule is Clc1cc(Cl)nc(OC2C[C@@H]3CCC[C@@H](C2)N3)c1. The predicted octanol–water partition coefficient (Wildman–Crippen LogP) is 3.44. The summed E-state index contributed by atoms with van der Waals surface area (Å²) >= 11 is 11.8. The standard InChI is InChI=1S/C13H16Cl2N2O/c14-8-4-12(15)17-13(5-8)18-11-6-9-2-1-3-10(7-11)16-9/h4-5,9-11,16H,1-3,6-7H2/t9-,10-/m0/s1. The highest BCUT2D eigenvalue weighted by Crippen LogP contribution is 2.29. The highest BCUT2D eigenvalue weighted by Gasteiger charge is 2.32. The second-order valence-electron chi connectivity index (χ2n) is 5.15. The van der Waals surface area contributed by atoms with Crippen LogP contribution in [0.25, 0.3) is 0 Å². The zero-order chi connectivity index (χ0) is 12.5. The molecular formula is C13H16Cl2N2O. The van der Waals surface area contributed by atoms with Gasteiger partial charge >= 0.3 is 0 Å². The molecule has 98 valence electrons. The first-order valence-electron chi connectivity index (χ1n) is 6.45. The number of nitrogens with zero attached hydrogens (tertiary/aromatic N) is 1. The fourth-order valence-corrected chi connectivity index (χ4v) is 3.44. The van der Waals surface area contributed by atoms with E-state index in [2.05, 4.69) is 10.3 Å². The van der Waals surface area contributed by atoms with Crippen LogP contribution in [0.5, 0.6) is 5.88 Å². The van der Waals surface area contributed by atoms with Crippen molar-refractivity contribution in [1.29, 1.82) is 0 Å². The normalized spacial score (nSPS) is 31.1. The molecule has 5 heteroatoms. The zero-order valence-electron chi connectivity index (χ0n) is 10.0. The fourth-order valence-electron chi connectivity index (χ4n) is 2.98. The summed E-state index contributed by atoms with van der Waals surface area (Å²) in [5, 5.41) is 4.59. The number of aromatic nitrogens is 1. The largest absolute Gasteiger partial charge is 0.474 e. The van der Waals surface area contributed by atoms with Crippen LogP contribution in [0.2, 0.25) is 10.2 Å². The average Bonchev–Trinajstić information content (AvgIpc) is 2.26. The van der Waals surface area contributed by atoms with Crippen LogP contribution in [-0.4, -0.2) is 23.2 Å². The minimum atomic E-state index is 0.226. The molecule has 1 aromatic rings. The van der Waals surface area contributed by atoms with Crippen molar-refractivity contribution in [2.45, 2.75) is 50.3 Å². The van der Waals surface area contributed by atoms with Gasteiger partial charge in [-0.2, -0.15) is 0 Å². The molecule has 0 unspecified atom stereocenters. The van der Waals surface area contributed by atoms with Crippen molar-refractivity contribution in [3.63, 3.8) is 0 Å². The molecule has 2 saturated heterocycles. The minimum Gasteiger partial charge on any atom is -0.474 e. The number of ether oxygens (including phenoxy) is 1. The molecule has 3 rings (SSSR count). The van der Waals surface area contributed by atoms with Gasteiger partial charge in [0.05, 0.1) is 0 Å². The topological polar surface area (TPSA) is 34.1 Å². The van der Waals surface area contributed by atoms with Gasteiger partial charge < -0.3 is 10.1 Å². The summed E-state index contributed by atoms with van der Waals surface area (Å²) in [6.45, 7) is 0. The van der Waals surface area contributed by atoms with Crippen LogP contribution in [0, 0.1) is 0 Å². The smallest absolute Gasteiger partial charge is 0.216 e. The highest BCUT2D eigenvalue weighted by atomic mass is 35.5. The average molecular weight is 287 g/mol. The first kappa shape index (κ1) is 12.5. The third kappa shape index (κ3) is 2.90. The number of rotatable bonds is 2. The van der Waals surface area contributed by atoms with E-state index in [1.54, 1.807) is 12.1 Å². The molecule has 3 nitrogen and oxygen atoms in total. The van der Waals surface area contributed by atoms with Gasteiger partial charge in [0.2, 0.25) is 5.88 Å². The Morgan fingerprint density at radius 2 is 1.89 bits per heavy atom. The van der Waals surface area contributed by atoms with Crippen LogP contribution in [0.1, 0.15) is 32.1 Å². The lowest BCUT2D eigenvalue weighted by Crippen LogP contribution is -2.51. The Morgan fingerprint density at radius 3 is 2.56 bits per heavy atom. The maximum Gasteiger partial charge on any atom is 0.216 e. The molecule has 0 aliphatic carbocycles. The van der Waals surface area contributed by atoms with Gasteiger partial charge in [-0.15, -0.1) is 0 Å². The van der Waals surface area contributed by atoms with Crippen LogP contribution in [-0.2, 0) is 0 Å². The summed E-state index contributed by atoms with van der Waals surface area (Å²) in [7, 11) is 0. The van der Waals surface area contributed by atoms with Gasteiger partial charge in [-0.05, 0) is 31.7 Å². The monoisotopic (exact) mass is 286 g/mol. The van der Waals surface area contributed by atoms with Crippen molar-refractivity contribution >= 4 is 23.2 Å². The number of hydrogen-bond acceptors (Lipinski definition) is 3. The van der Waals surface area contributed by atoms with Crippen LogP contribution in [0.3, 0.4) is 0 Å². The van der Waals surface area contributed by atoms with E-state index in [1.807, 2.05) is 0 Å². The highest BCUT2D eigenvalue weighted by molar-refractivity contribution is 6.34. The summed E-state index contributed by atoms with van der Waals surface area (Å²) in [6, 6.07) is 4.53. The molecule has 2 atom stereocenters. The maximum atomic E-state index is 5.95. The van der Waals surface area contributed by atoms with Crippen molar-refractivity contribution in [3.8, 4) is 5.88 Å². The molecule has 0 saturated carbocycles. The van der Waals surface area contributed by atoms with Crippen molar-refractivity contribution in [2.75, 3.05) is 0 Å². The van der Waals surface area contributed by atoms with Crippen molar-refractivity contribution in [1.82, 2.24) is 10.3 Å². The van der Waals surface area contributed by atoms with E-state index in [1.165, 1.54) is 19.3 Å². The van der Waals surface area contributed by atoms with Crippen molar-refractivity contribution < 1.29 is 4.74 Å². The summed E-state index contributed by atoms with van der Waals surface area (Å²) < 4.78 is 5.93. The van der Waals surface area contributed by atoms with Gasteiger partial charge in [-0.1, -0.05) is 29.6 Å². The predicted molar refractivity (Wildman–Crippen MR) is 72.5 cm³/mol. The van der Waals surface area contributed by atoms with Crippen LogP contribution in [0.15, 0.2) is 12.1 Å². The lowest BCUT2D eigenvalue weighted by atomic mass is 9.85. The van der Waals surface area contributed by atoms with Gasteiger partial charge in [0, 0.05) is 23.2 Å². The number of halogens is 2. The number of pyridine rings is 1. The van der Waals surface area contributed by atoms with E-state index < -0.39 is 0 Å². The van der Waals surface area contributed by atoms with E-state index in [0.717, 1.165) is 12.8 Å². The summed E-state index contributed by atoms with van der Waals surface area (Å²) in [4.78, 5) is 4.16. The molecule has 0 aromatic carbocycles. The second kappa shape index (κ2) is 5.24. The molecule has 2 bridgehead atoms. The zero-order valence-corrected chi connectivity index (χ0v) is 11.5. The Bertz CT molecular complexity index is 409. The van der Waals surface area contributed by atoms with Crippen molar-refractivity contribution in [2.24, 2.45) is 0 Å². The summed E-state index contributed by atoms with van der Waals surface area (Å²) in [6.07, 6.45) is 6.14. The fraction of sp³-hybridized carbons (Fsp3) is 0.615. The Labute approximate surface area is 117 Å². The molecule has 1 N–H and O–H groups in total. The van der Waals surface area contributed by atoms with Crippen LogP contribution in [0.4, 0.5) is 0 Å². The van der Waals surface area contributed by atoms with Gasteiger partial charge in [-0.3, -0.25) is 0 Å². The van der Waals surface area contributed by atoms with Crippen LogP contribution >= 0.6 is 23.2 Å². The molecule has 3 heterocycles. The van der Waals surface area contributed by atoms with Crippen molar-refractivity contribution in [3.05, 3.63) is 22.3 Å². The number of fused-ring (bicyclic) bond motifs is 2. The third-order valence-electron chi connectivity index (χ3n) is 3.69.